The number of nitrogens with zero attached hydrogens (tertiary/aromatic N) is 2. The molecule has 1 radical (unpaired) electrons. The monoisotopic (exact) mass is 555 g/mol. The number of fused-ring (bicyclic) bond motifs is 1. The molecule has 197 valence electrons. The minimum atomic E-state index is -0.659. The van der Waals surface area contributed by atoms with Gasteiger partial charge in [-0.2, -0.15) is 0 Å². The number of carbonyl (C=O) groups excluding carboxylic acids is 1. The Morgan fingerprint density at radius 3 is 2.42 bits per heavy atom. The van der Waals surface area contributed by atoms with Crippen LogP contribution in [0.1, 0.15) is 40.9 Å². The number of benzene rings is 2. The number of aromatic nitrogens is 1. The zero-order valence-corrected chi connectivity index (χ0v) is 22.7. The normalized spacial score (nSPS) is 17.5. The van der Waals surface area contributed by atoms with Gasteiger partial charge < -0.3 is 9.64 Å². The van der Waals surface area contributed by atoms with Crippen molar-refractivity contribution >= 4 is 38.9 Å². The van der Waals surface area contributed by atoms with Crippen molar-refractivity contribution in [2.45, 2.75) is 44.3 Å². The van der Waals surface area contributed by atoms with Crippen LogP contribution >= 0.6 is 22.9 Å². The first-order valence-corrected chi connectivity index (χ1v) is 13.7. The van der Waals surface area contributed by atoms with Gasteiger partial charge in [0.1, 0.15) is 29.3 Å². The molecule has 5 rings (SSSR count). The number of thiophene rings is 1. The first-order chi connectivity index (χ1) is 18.3. The molecule has 1 fully saturated rings. The van der Waals surface area contributed by atoms with Crippen molar-refractivity contribution in [2.24, 2.45) is 7.05 Å². The summed E-state index contributed by atoms with van der Waals surface area (Å²) in [5.74, 6) is -1.00. The van der Waals surface area contributed by atoms with Crippen LogP contribution in [-0.4, -0.2) is 30.0 Å². The Bertz CT molecular complexity index is 1480. The molecule has 2 heterocycles. The minimum absolute atomic E-state index is 0.0324. The Hall–Kier alpha value is -3.07. The largest absolute Gasteiger partial charge is 0.496 e. The van der Waals surface area contributed by atoms with E-state index in [1.165, 1.54) is 0 Å². The molecule has 1 saturated carbocycles. The SMILES string of the molecule is COc1ccc(-c2cc[n+](C)cc2)cc1CN(C(=O)c1sc2c(F)ccc(F)c2c1Cl)C1CCC([NH])CC1. The van der Waals surface area contributed by atoms with Gasteiger partial charge in [-0.3, -0.25) is 10.5 Å². The van der Waals surface area contributed by atoms with Crippen LogP contribution in [0, 0.1) is 11.6 Å². The second-order valence-electron chi connectivity index (χ2n) is 9.70. The van der Waals surface area contributed by atoms with Crippen LogP contribution in [0.3, 0.4) is 0 Å². The van der Waals surface area contributed by atoms with E-state index in [0.717, 1.165) is 40.2 Å². The number of hydrogen-bond acceptors (Lipinski definition) is 3. The number of aryl methyl sites for hydroxylation is 1. The summed E-state index contributed by atoms with van der Waals surface area (Å²) in [7, 11) is 3.54. The molecule has 1 aliphatic rings. The molecular weight excluding hydrogens is 528 g/mol. The topological polar surface area (TPSA) is 57.2 Å². The summed E-state index contributed by atoms with van der Waals surface area (Å²) < 4.78 is 36.7. The lowest BCUT2D eigenvalue weighted by Gasteiger charge is -2.36. The highest BCUT2D eigenvalue weighted by atomic mass is 35.5. The molecule has 1 amide bonds. The lowest BCUT2D eigenvalue weighted by atomic mass is 9.90. The Kier molecular flexibility index (Phi) is 7.66. The predicted molar refractivity (Wildman–Crippen MR) is 145 cm³/mol. The summed E-state index contributed by atoms with van der Waals surface area (Å²) in [4.78, 5) is 15.9. The number of pyridine rings is 1. The zero-order chi connectivity index (χ0) is 27.0. The van der Waals surface area contributed by atoms with Crippen LogP contribution in [0.2, 0.25) is 5.02 Å². The first-order valence-electron chi connectivity index (χ1n) is 12.5. The van der Waals surface area contributed by atoms with Gasteiger partial charge in [-0.1, -0.05) is 17.7 Å². The number of amides is 1. The van der Waals surface area contributed by atoms with Crippen LogP contribution in [0.5, 0.6) is 5.75 Å². The molecule has 4 aromatic rings. The fourth-order valence-electron chi connectivity index (χ4n) is 5.08. The van der Waals surface area contributed by atoms with E-state index in [2.05, 4.69) is 0 Å². The van der Waals surface area contributed by atoms with Gasteiger partial charge in [-0.05, 0) is 61.1 Å². The molecule has 0 bridgehead atoms. The number of methoxy groups -OCH3 is 1. The smallest absolute Gasteiger partial charge is 0.266 e. The summed E-state index contributed by atoms with van der Waals surface area (Å²) >= 11 is 7.39. The lowest BCUT2D eigenvalue weighted by molar-refractivity contribution is -0.671. The molecule has 5 nitrogen and oxygen atoms in total. The van der Waals surface area contributed by atoms with Crippen LogP contribution in [0.4, 0.5) is 8.78 Å². The van der Waals surface area contributed by atoms with Gasteiger partial charge in [-0.25, -0.2) is 13.3 Å². The average Bonchev–Trinajstić information content (AvgIpc) is 3.28. The average molecular weight is 556 g/mol. The summed E-state index contributed by atoms with van der Waals surface area (Å²) in [6, 6.07) is 11.7. The zero-order valence-electron chi connectivity index (χ0n) is 21.1. The van der Waals surface area contributed by atoms with Crippen molar-refractivity contribution in [3.8, 4) is 16.9 Å². The number of rotatable bonds is 6. The highest BCUT2D eigenvalue weighted by Gasteiger charge is 2.32. The Labute approximate surface area is 229 Å². The second-order valence-corrected chi connectivity index (χ2v) is 11.1. The molecule has 9 heteroatoms. The Morgan fingerprint density at radius 2 is 1.76 bits per heavy atom. The van der Waals surface area contributed by atoms with Gasteiger partial charge in [0.15, 0.2) is 12.4 Å². The number of hydrogen-bond donors (Lipinski definition) is 0. The minimum Gasteiger partial charge on any atom is -0.496 e. The van der Waals surface area contributed by atoms with Gasteiger partial charge in [0.2, 0.25) is 0 Å². The quantitative estimate of drug-likeness (QED) is 0.253. The summed E-state index contributed by atoms with van der Waals surface area (Å²) in [6.07, 6.45) is 6.63. The molecule has 0 spiro atoms. The number of halogens is 3. The highest BCUT2D eigenvalue weighted by Crippen LogP contribution is 2.40. The fraction of sp³-hybridized carbons (Fsp3) is 0.310. The molecule has 0 saturated heterocycles. The molecule has 38 heavy (non-hydrogen) atoms. The Morgan fingerprint density at radius 1 is 1.08 bits per heavy atom. The molecule has 0 atom stereocenters. The van der Waals surface area contributed by atoms with Gasteiger partial charge in [0, 0.05) is 36.3 Å². The van der Waals surface area contributed by atoms with E-state index in [0.29, 0.717) is 31.4 Å². The van der Waals surface area contributed by atoms with E-state index in [-0.39, 0.29) is 44.5 Å². The molecule has 1 aliphatic carbocycles. The van der Waals surface area contributed by atoms with Crippen molar-refractivity contribution in [3.05, 3.63) is 82.0 Å². The summed E-state index contributed by atoms with van der Waals surface area (Å²) in [5.41, 5.74) is 10.9. The standard InChI is InChI=1S/C29H28ClF2N3O2S/c1-34-13-11-17(12-14-34)18-3-10-24(37-2)19(15-18)16-35(21-6-4-20(33)5-7-21)29(36)28-26(30)25-22(31)8-9-23(32)27(25)38-28/h3,8-15,20-21,33H,4-7,16H2,1-2H3/q+1. The van der Waals surface area contributed by atoms with Crippen LogP contribution in [0.15, 0.2) is 54.9 Å². The van der Waals surface area contributed by atoms with Crippen molar-refractivity contribution in [2.75, 3.05) is 7.11 Å². The summed E-state index contributed by atoms with van der Waals surface area (Å²) in [5, 5.41) is -0.129. The highest BCUT2D eigenvalue weighted by molar-refractivity contribution is 7.21. The maximum absolute atomic E-state index is 14.6. The third kappa shape index (κ3) is 5.13. The number of ether oxygens (including phenoxy) is 1. The fourth-order valence-corrected chi connectivity index (χ4v) is 6.58. The van der Waals surface area contributed by atoms with Crippen molar-refractivity contribution < 1.29 is 22.9 Å². The molecule has 1 N–H and O–H groups in total. The molecule has 0 unspecified atom stereocenters. The van der Waals surface area contributed by atoms with Gasteiger partial charge in [-0.15, -0.1) is 11.3 Å². The maximum atomic E-state index is 14.6. The number of carbonyl (C=O) groups is 1. The van der Waals surface area contributed by atoms with Crippen molar-refractivity contribution in [1.82, 2.24) is 10.6 Å². The van der Waals surface area contributed by atoms with Crippen molar-refractivity contribution in [3.63, 3.8) is 0 Å². The van der Waals surface area contributed by atoms with Crippen molar-refractivity contribution in [1.29, 1.82) is 0 Å². The van der Waals surface area contributed by atoms with E-state index in [9.17, 15) is 13.6 Å². The maximum Gasteiger partial charge on any atom is 0.266 e. The lowest BCUT2D eigenvalue weighted by Crippen LogP contribution is -2.42. The van der Waals surface area contributed by atoms with Gasteiger partial charge in [0.25, 0.3) is 5.91 Å². The second kappa shape index (κ2) is 11.0. The van der Waals surface area contributed by atoms with E-state index in [1.807, 2.05) is 54.3 Å². The van der Waals surface area contributed by atoms with E-state index >= 15 is 0 Å². The van der Waals surface area contributed by atoms with Crippen LogP contribution < -0.4 is 15.0 Å². The third-order valence-corrected chi connectivity index (χ3v) is 8.88. The van der Waals surface area contributed by atoms with E-state index in [4.69, 9.17) is 22.1 Å². The van der Waals surface area contributed by atoms with Crippen LogP contribution in [0.25, 0.3) is 21.2 Å². The Balaban J connectivity index is 1.56. The predicted octanol–water partition coefficient (Wildman–Crippen LogP) is 6.57. The van der Waals surface area contributed by atoms with Gasteiger partial charge in [0.05, 0.1) is 22.2 Å². The summed E-state index contributed by atoms with van der Waals surface area (Å²) in [6.45, 7) is 0.235. The molecular formula is C29H28ClF2N3O2S+. The van der Waals surface area contributed by atoms with E-state index < -0.39 is 11.6 Å². The van der Waals surface area contributed by atoms with E-state index in [1.54, 1.807) is 12.0 Å². The van der Waals surface area contributed by atoms with Crippen LogP contribution in [-0.2, 0) is 13.6 Å². The third-order valence-electron chi connectivity index (χ3n) is 7.21. The molecule has 2 aromatic heterocycles. The number of nitrogens with one attached hydrogen (secondary N) is 1. The first kappa shape index (κ1) is 26.5. The molecule has 2 aromatic carbocycles. The van der Waals surface area contributed by atoms with Gasteiger partial charge >= 0.3 is 0 Å². The molecule has 0 aliphatic heterocycles.